The Balaban J connectivity index is 3.85. The van der Waals surface area contributed by atoms with E-state index in [-0.39, 0.29) is 17.8 Å². The largest absolute Gasteiger partial charge is 0.370 e. The molecule has 0 aromatic heterocycles. The first-order valence-electron chi connectivity index (χ1n) is 3.71. The number of ketones is 1. The van der Waals surface area contributed by atoms with E-state index in [9.17, 15) is 4.79 Å². The summed E-state index contributed by atoms with van der Waals surface area (Å²) in [6.45, 7) is 8.06. The van der Waals surface area contributed by atoms with Crippen molar-refractivity contribution in [1.82, 2.24) is 0 Å². The predicted molar refractivity (Wildman–Crippen MR) is 40.9 cm³/mol. The SMILES string of the molecule is CCOC(C(C)=O)C(C)C. The van der Waals surface area contributed by atoms with Crippen molar-refractivity contribution < 1.29 is 9.53 Å². The minimum Gasteiger partial charge on any atom is -0.370 e. The molecule has 1 atom stereocenters. The molecule has 0 heterocycles. The number of hydrogen-bond donors (Lipinski definition) is 0. The minimum atomic E-state index is -0.204. The van der Waals surface area contributed by atoms with Crippen LogP contribution in [0, 0.1) is 5.92 Å². The van der Waals surface area contributed by atoms with Crippen molar-refractivity contribution in [2.45, 2.75) is 33.8 Å². The normalized spacial score (nSPS) is 13.7. The second-order valence-electron chi connectivity index (χ2n) is 2.73. The van der Waals surface area contributed by atoms with Crippen LogP contribution in [0.5, 0.6) is 0 Å². The molecular weight excluding hydrogens is 128 g/mol. The van der Waals surface area contributed by atoms with Gasteiger partial charge in [0.2, 0.25) is 0 Å². The fraction of sp³-hybridized carbons (Fsp3) is 0.875. The maximum absolute atomic E-state index is 10.9. The quantitative estimate of drug-likeness (QED) is 0.599. The summed E-state index contributed by atoms with van der Waals surface area (Å²) in [6, 6.07) is 0. The van der Waals surface area contributed by atoms with Crippen LogP contribution < -0.4 is 0 Å². The van der Waals surface area contributed by atoms with Gasteiger partial charge in [-0.1, -0.05) is 13.8 Å². The summed E-state index contributed by atoms with van der Waals surface area (Å²) < 4.78 is 5.22. The summed E-state index contributed by atoms with van der Waals surface area (Å²) in [6.07, 6.45) is -0.204. The first-order chi connectivity index (χ1) is 4.59. The zero-order valence-electron chi connectivity index (χ0n) is 7.18. The van der Waals surface area contributed by atoms with Crippen LogP contribution in [0.2, 0.25) is 0 Å². The van der Waals surface area contributed by atoms with Crippen LogP contribution in [0.3, 0.4) is 0 Å². The maximum Gasteiger partial charge on any atom is 0.158 e. The zero-order chi connectivity index (χ0) is 8.15. The third-order valence-electron chi connectivity index (χ3n) is 1.35. The summed E-state index contributed by atoms with van der Waals surface area (Å²) in [7, 11) is 0. The van der Waals surface area contributed by atoms with Gasteiger partial charge in [0, 0.05) is 6.61 Å². The minimum absolute atomic E-state index is 0.122. The standard InChI is InChI=1S/C8H16O2/c1-5-10-8(6(2)3)7(4)9/h6,8H,5H2,1-4H3. The maximum atomic E-state index is 10.9. The topological polar surface area (TPSA) is 26.3 Å². The summed E-state index contributed by atoms with van der Waals surface area (Å²) in [5.74, 6) is 0.411. The van der Waals surface area contributed by atoms with E-state index in [1.807, 2.05) is 20.8 Å². The Hall–Kier alpha value is -0.370. The summed E-state index contributed by atoms with van der Waals surface area (Å²) in [4.78, 5) is 10.9. The van der Waals surface area contributed by atoms with E-state index < -0.39 is 0 Å². The lowest BCUT2D eigenvalue weighted by Gasteiger charge is -2.16. The molecule has 60 valence electrons. The van der Waals surface area contributed by atoms with E-state index in [0.29, 0.717) is 6.61 Å². The van der Waals surface area contributed by atoms with Crippen molar-refractivity contribution in [2.24, 2.45) is 5.92 Å². The lowest BCUT2D eigenvalue weighted by Crippen LogP contribution is -2.27. The molecule has 0 N–H and O–H groups in total. The Morgan fingerprint density at radius 2 is 2.00 bits per heavy atom. The van der Waals surface area contributed by atoms with Crippen molar-refractivity contribution in [2.75, 3.05) is 6.61 Å². The molecule has 2 heteroatoms. The van der Waals surface area contributed by atoms with Gasteiger partial charge in [-0.15, -0.1) is 0 Å². The molecule has 0 spiro atoms. The monoisotopic (exact) mass is 144 g/mol. The molecule has 0 saturated heterocycles. The van der Waals surface area contributed by atoms with Crippen LogP contribution in [-0.4, -0.2) is 18.5 Å². The molecule has 0 radical (unpaired) electrons. The Kier molecular flexibility index (Phi) is 4.28. The van der Waals surface area contributed by atoms with Gasteiger partial charge >= 0.3 is 0 Å². The van der Waals surface area contributed by atoms with Gasteiger partial charge in [-0.25, -0.2) is 0 Å². The molecule has 0 bridgehead atoms. The Morgan fingerprint density at radius 1 is 1.50 bits per heavy atom. The highest BCUT2D eigenvalue weighted by atomic mass is 16.5. The third-order valence-corrected chi connectivity index (χ3v) is 1.35. The van der Waals surface area contributed by atoms with E-state index >= 15 is 0 Å². The highest BCUT2D eigenvalue weighted by Crippen LogP contribution is 2.06. The van der Waals surface area contributed by atoms with Gasteiger partial charge in [0.1, 0.15) is 6.10 Å². The van der Waals surface area contributed by atoms with Crippen molar-refractivity contribution in [3.63, 3.8) is 0 Å². The fourth-order valence-corrected chi connectivity index (χ4v) is 0.959. The van der Waals surface area contributed by atoms with Gasteiger partial charge in [-0.3, -0.25) is 4.79 Å². The second kappa shape index (κ2) is 4.45. The molecule has 0 saturated carbocycles. The van der Waals surface area contributed by atoms with Crippen molar-refractivity contribution in [3.8, 4) is 0 Å². The molecule has 0 aliphatic carbocycles. The summed E-state index contributed by atoms with van der Waals surface area (Å²) in [5, 5.41) is 0. The lowest BCUT2D eigenvalue weighted by molar-refractivity contribution is -0.130. The van der Waals surface area contributed by atoms with Crippen LogP contribution in [-0.2, 0) is 9.53 Å². The Morgan fingerprint density at radius 3 is 2.10 bits per heavy atom. The Labute approximate surface area is 62.6 Å². The van der Waals surface area contributed by atoms with Gasteiger partial charge < -0.3 is 4.74 Å². The number of carbonyl (C=O) groups excluding carboxylic acids is 1. The number of ether oxygens (including phenoxy) is 1. The average Bonchev–Trinajstić information content (AvgIpc) is 1.81. The second-order valence-corrected chi connectivity index (χ2v) is 2.73. The molecule has 10 heavy (non-hydrogen) atoms. The zero-order valence-corrected chi connectivity index (χ0v) is 7.18. The lowest BCUT2D eigenvalue weighted by atomic mass is 10.0. The molecule has 0 aromatic rings. The molecule has 1 unspecified atom stereocenters. The molecule has 0 aromatic carbocycles. The molecule has 0 aliphatic rings. The van der Waals surface area contributed by atoms with Crippen LogP contribution in [0.4, 0.5) is 0 Å². The van der Waals surface area contributed by atoms with Crippen LogP contribution in [0.25, 0.3) is 0 Å². The smallest absolute Gasteiger partial charge is 0.158 e. The van der Waals surface area contributed by atoms with E-state index in [1.54, 1.807) is 6.92 Å². The van der Waals surface area contributed by atoms with Gasteiger partial charge in [0.25, 0.3) is 0 Å². The summed E-state index contributed by atoms with van der Waals surface area (Å²) in [5.41, 5.74) is 0. The van der Waals surface area contributed by atoms with E-state index in [2.05, 4.69) is 0 Å². The van der Waals surface area contributed by atoms with Gasteiger partial charge in [-0.2, -0.15) is 0 Å². The van der Waals surface area contributed by atoms with Gasteiger partial charge in [0.05, 0.1) is 0 Å². The van der Waals surface area contributed by atoms with E-state index in [4.69, 9.17) is 4.74 Å². The number of rotatable bonds is 4. The molecule has 0 rings (SSSR count). The van der Waals surface area contributed by atoms with Crippen molar-refractivity contribution in [3.05, 3.63) is 0 Å². The van der Waals surface area contributed by atoms with Crippen LogP contribution in [0.15, 0.2) is 0 Å². The summed E-state index contributed by atoms with van der Waals surface area (Å²) >= 11 is 0. The highest BCUT2D eigenvalue weighted by molar-refractivity contribution is 5.80. The predicted octanol–water partition coefficient (Wildman–Crippen LogP) is 1.64. The van der Waals surface area contributed by atoms with Crippen LogP contribution in [0.1, 0.15) is 27.7 Å². The fourth-order valence-electron chi connectivity index (χ4n) is 0.959. The molecular formula is C8H16O2. The van der Waals surface area contributed by atoms with E-state index in [1.165, 1.54) is 0 Å². The van der Waals surface area contributed by atoms with Crippen molar-refractivity contribution in [1.29, 1.82) is 0 Å². The third kappa shape index (κ3) is 2.97. The van der Waals surface area contributed by atoms with Crippen molar-refractivity contribution >= 4 is 5.78 Å². The molecule has 0 fully saturated rings. The molecule has 2 nitrogen and oxygen atoms in total. The molecule has 0 amide bonds. The number of carbonyl (C=O) groups is 1. The highest BCUT2D eigenvalue weighted by Gasteiger charge is 2.17. The Bertz CT molecular complexity index is 108. The molecule has 0 aliphatic heterocycles. The van der Waals surface area contributed by atoms with E-state index in [0.717, 1.165) is 0 Å². The first kappa shape index (κ1) is 9.63. The van der Waals surface area contributed by atoms with Gasteiger partial charge in [-0.05, 0) is 19.8 Å². The number of Topliss-reactive ketones (excluding diaryl/α,β-unsaturated/α-hetero) is 1. The average molecular weight is 144 g/mol. The van der Waals surface area contributed by atoms with Crippen LogP contribution >= 0.6 is 0 Å². The first-order valence-corrected chi connectivity index (χ1v) is 3.71. The number of hydrogen-bond acceptors (Lipinski definition) is 2. The van der Waals surface area contributed by atoms with Gasteiger partial charge in [0.15, 0.2) is 5.78 Å².